The van der Waals surface area contributed by atoms with Gasteiger partial charge in [-0.05, 0) is 163 Å². The molecule has 0 radical (unpaired) electrons. The lowest BCUT2D eigenvalue weighted by Gasteiger charge is -2.38. The molecule has 1 aliphatic rings. The van der Waals surface area contributed by atoms with Crippen LogP contribution in [0.3, 0.4) is 0 Å². The molecule has 12 N–H and O–H groups in total. The summed E-state index contributed by atoms with van der Waals surface area (Å²) in [7, 11) is 9.75. The lowest BCUT2D eigenvalue weighted by Crippen LogP contribution is -2.54. The number of aromatic hydroxyl groups is 1. The van der Waals surface area contributed by atoms with Gasteiger partial charge in [0.25, 0.3) is 11.8 Å². The van der Waals surface area contributed by atoms with Crippen molar-refractivity contribution in [2.45, 2.75) is 149 Å². The molecular weight excluding hydrogens is 1830 g/mol. The van der Waals surface area contributed by atoms with Crippen LogP contribution in [-0.2, 0) is 116 Å². The minimum Gasteiger partial charge on any atom is -0.542 e. The Morgan fingerprint density at radius 2 is 1.22 bits per heavy atom. The van der Waals surface area contributed by atoms with E-state index in [1.165, 1.54) is 22.6 Å². The van der Waals surface area contributed by atoms with E-state index in [2.05, 4.69) is 74.8 Å². The number of alkyl halides is 3. The summed E-state index contributed by atoms with van der Waals surface area (Å²) in [5, 5.41) is 60.5. The maximum absolute atomic E-state index is 15.5. The molecule has 0 saturated heterocycles. The fourth-order valence-corrected chi connectivity index (χ4v) is 14.8. The zero-order valence-electron chi connectivity index (χ0n) is 80.4. The second-order valence-corrected chi connectivity index (χ2v) is 34.9. The number of primary amides is 1. The Morgan fingerprint density at radius 1 is 0.652 bits per heavy atom. The maximum atomic E-state index is 15.5. The van der Waals surface area contributed by atoms with Crippen LogP contribution in [0.4, 0.5) is 39.8 Å². The molecule has 3 atom stereocenters. The number of nitrogens with zero attached hydrogens (tertiary/aromatic N) is 7. The first-order chi connectivity index (χ1) is 65.4. The second kappa shape index (κ2) is 57.8. The lowest BCUT2D eigenvalue weighted by atomic mass is 9.90. The van der Waals surface area contributed by atoms with E-state index in [1.807, 2.05) is 67.7 Å². The number of nitriles is 1. The van der Waals surface area contributed by atoms with Crippen molar-refractivity contribution in [3.63, 3.8) is 0 Å². The molecule has 0 fully saturated rings. The number of hydrogen-bond donors (Lipinski definition) is 11. The van der Waals surface area contributed by atoms with Crippen molar-refractivity contribution in [3.05, 3.63) is 153 Å². The number of urea groups is 1. The highest BCUT2D eigenvalue weighted by Crippen LogP contribution is 2.39. The van der Waals surface area contributed by atoms with E-state index in [0.29, 0.717) is 98.5 Å². The summed E-state index contributed by atoms with van der Waals surface area (Å²) in [6, 6.07) is 27.9. The molecule has 6 aromatic rings. The van der Waals surface area contributed by atoms with Crippen LogP contribution < -0.4 is 58.3 Å². The third kappa shape index (κ3) is 39.7. The van der Waals surface area contributed by atoms with Crippen molar-refractivity contribution in [2.75, 3.05) is 170 Å². The first-order valence-corrected chi connectivity index (χ1v) is 45.7. The molecular formula is C95H132ClF3N16O23. The molecule has 3 heterocycles. The molecule has 43 heteroatoms. The number of nitrogens with two attached hydrogens (primary N) is 1. The first kappa shape index (κ1) is 114. The lowest BCUT2D eigenvalue weighted by molar-refractivity contribution is -0.903. The van der Waals surface area contributed by atoms with Gasteiger partial charge in [-0.25, -0.2) is 9.59 Å². The maximum Gasteiger partial charge on any atom is 0.430 e. The zero-order valence-corrected chi connectivity index (χ0v) is 81.1. The number of carbonyl (C=O) groups is 12. The van der Waals surface area contributed by atoms with E-state index in [9.17, 15) is 66.7 Å². The van der Waals surface area contributed by atoms with Gasteiger partial charge >= 0.3 is 24.3 Å². The Labute approximate surface area is 806 Å². The first-order valence-electron chi connectivity index (χ1n) is 45.3. The third-order valence-electron chi connectivity index (χ3n) is 21.8. The summed E-state index contributed by atoms with van der Waals surface area (Å²) >= 11 is 6.82. The number of alkyl carbamates (subject to hydrolysis) is 1. The highest BCUT2D eigenvalue weighted by molar-refractivity contribution is 6.31. The van der Waals surface area contributed by atoms with E-state index in [1.54, 1.807) is 88.7 Å². The Hall–Kier alpha value is -12.3. The zero-order chi connectivity index (χ0) is 102. The molecule has 39 nitrogen and oxygen atoms in total. The summed E-state index contributed by atoms with van der Waals surface area (Å²) in [6.07, 6.45) is -3.77. The largest absolute Gasteiger partial charge is 0.542 e. The predicted octanol–water partition coefficient (Wildman–Crippen LogP) is 6.47. The van der Waals surface area contributed by atoms with Gasteiger partial charge in [0, 0.05) is 116 Å². The molecule has 0 unspecified atom stereocenters. The number of rotatable bonds is 57. The summed E-state index contributed by atoms with van der Waals surface area (Å²) in [4.78, 5) is 159. The number of carboxylic acid groups (broad SMARTS) is 2. The van der Waals surface area contributed by atoms with Gasteiger partial charge in [0.1, 0.15) is 60.8 Å². The van der Waals surface area contributed by atoms with Gasteiger partial charge in [-0.15, -0.1) is 0 Å². The number of carbonyl (C=O) groups excluding carboxylic acids is 11. The monoisotopic (exact) mass is 1960 g/mol. The number of aromatic nitrogens is 2. The number of ether oxygens (including phenoxy) is 8. The Kier molecular flexibility index (Phi) is 47.9. The van der Waals surface area contributed by atoms with Crippen LogP contribution in [-0.4, -0.2) is 294 Å². The van der Waals surface area contributed by atoms with E-state index in [0.717, 1.165) is 34.6 Å². The number of hydrogen-bond acceptors (Lipinski definition) is 24. The van der Waals surface area contributed by atoms with Crippen molar-refractivity contribution >= 4 is 100.0 Å². The Morgan fingerprint density at radius 3 is 1.78 bits per heavy atom. The van der Waals surface area contributed by atoms with E-state index in [4.69, 9.17) is 70.2 Å². The Balaban J connectivity index is 0.00000401. The number of amides is 11. The molecule has 0 spiro atoms. The van der Waals surface area contributed by atoms with Gasteiger partial charge in [0.2, 0.25) is 35.4 Å². The van der Waals surface area contributed by atoms with E-state index >= 15 is 9.59 Å². The number of anilines is 3. The van der Waals surface area contributed by atoms with E-state index < -0.39 is 102 Å². The van der Waals surface area contributed by atoms with E-state index in [-0.39, 0.29) is 174 Å². The topological polar surface area (TPSA) is 508 Å². The number of nitrogens with one attached hydrogen (secondary N) is 8. The van der Waals surface area contributed by atoms with Gasteiger partial charge in [-0.2, -0.15) is 18.4 Å². The van der Waals surface area contributed by atoms with Crippen LogP contribution in [0.5, 0.6) is 5.75 Å². The van der Waals surface area contributed by atoms with Crippen LogP contribution in [0.15, 0.2) is 97.1 Å². The molecule has 4 aromatic carbocycles. The number of carboxylic acids is 2. The number of aliphatic carboxylic acids is 2. The number of phenols is 1. The third-order valence-corrected chi connectivity index (χ3v) is 22.1. The number of benzene rings is 4. The minimum absolute atomic E-state index is 0.00336. The summed E-state index contributed by atoms with van der Waals surface area (Å²) in [5.74, 6) is -8.16. The minimum atomic E-state index is -5.19. The fourth-order valence-electron chi connectivity index (χ4n) is 14.6. The number of quaternary nitrogens is 1. The number of phenolic OH excluding ortho intramolecular Hbond substituents is 1. The number of halogens is 4. The van der Waals surface area contributed by atoms with Crippen LogP contribution in [0.2, 0.25) is 5.02 Å². The van der Waals surface area contributed by atoms with Crippen molar-refractivity contribution < 1.29 is 128 Å². The van der Waals surface area contributed by atoms with Gasteiger partial charge in [-0.1, -0.05) is 55.8 Å². The molecule has 11 amide bonds. The van der Waals surface area contributed by atoms with Gasteiger partial charge in [-0.3, -0.25) is 48.1 Å². The van der Waals surface area contributed by atoms with Gasteiger partial charge in [0.05, 0.1) is 137 Å². The van der Waals surface area contributed by atoms with Gasteiger partial charge < -0.3 is 130 Å². The summed E-state index contributed by atoms with van der Waals surface area (Å²) in [5.41, 5.74) is 13.8. The smallest absolute Gasteiger partial charge is 0.430 e. The van der Waals surface area contributed by atoms with Crippen LogP contribution in [0.25, 0.3) is 11.3 Å². The SMILES string of the molecule is CNCc1cc(NC(=O)[C@H](CCCNC(N)=O)NC(=O)[C@@H](NC(=O)CCOCCOCCOCCNC(=O)CN(CC(=O)NCCOCCOCCOCCC(=O)O)C(=O)CCOCCNC(=O)OC(C)(C)C)C(C)C)ccc1C[N+](C)(C)CCC[C@@H]1Cc2ccccc2CN1C(=O)c1ccc(Cl)cc1-c1cc(C(=O)N(c2ccc(O)cc2)c2cc(C#N)n(C)c2C)c(C)n1C.O=C([O-])C(F)(F)F. The quantitative estimate of drug-likeness (QED) is 0.0144. The second-order valence-electron chi connectivity index (χ2n) is 34.5. The molecule has 758 valence electrons. The Bertz CT molecular complexity index is 5080. The van der Waals surface area contributed by atoms with Gasteiger partial charge in [0.15, 0.2) is 0 Å². The highest BCUT2D eigenvalue weighted by Gasteiger charge is 2.37. The average Bonchev–Trinajstić information content (AvgIpc) is 1.57. The van der Waals surface area contributed by atoms with Crippen LogP contribution in [0, 0.1) is 31.1 Å². The summed E-state index contributed by atoms with van der Waals surface area (Å²) < 4.78 is 79.3. The van der Waals surface area contributed by atoms with Crippen molar-refractivity contribution in [3.8, 4) is 23.1 Å². The summed E-state index contributed by atoms with van der Waals surface area (Å²) in [6.45, 7) is 15.9. The molecule has 138 heavy (non-hydrogen) atoms. The molecule has 0 bridgehead atoms. The molecule has 0 saturated carbocycles. The number of fused-ring (bicyclic) bond motifs is 1. The van der Waals surface area contributed by atoms with Crippen LogP contribution >= 0.6 is 11.6 Å². The average molecular weight is 1960 g/mol. The molecule has 1 aliphatic heterocycles. The molecule has 7 rings (SSSR count). The normalized spacial score (nSPS) is 12.9. The predicted molar refractivity (Wildman–Crippen MR) is 502 cm³/mol. The van der Waals surface area contributed by atoms with Crippen molar-refractivity contribution in [2.24, 2.45) is 25.7 Å². The van der Waals surface area contributed by atoms with Crippen LogP contribution in [0.1, 0.15) is 140 Å². The fraction of sp³-hybridized carbons (Fsp3) is 0.526. The molecule has 2 aromatic heterocycles. The molecule has 0 aliphatic carbocycles. The standard InChI is InChI=1S/C93H131ClN16O21.C2HF3O2/c1-62(2)86(104-81(112)29-37-125-43-47-129-49-45-127-40-33-98-82(113)59-107(84(115)30-38-124-42-35-101-92(123)131-93(5,6)7)60-83(114)99-34-41-128-46-50-130-48-44-126-39-31-85(116)117)88(119)103-78(20-15-32-100-91(96)122)87(118)102-70-23-21-67(68(51-70)57-97-8)61-110(11,12)36-16-19-72-52-65-17-13-14-18-66(65)58-108(72)89(120)75-28-22-69(94)53-77(75)80-55-76(63(3)106(80)10)90(121)109(71-24-26-74(111)27-25-71)79-54-73(56-95)105(9)64(79)4;3-2(4,5)1(6)7/h13-14,17-18,21-28,51,53-55,62,72,78,86,97H,15-16,19-20,29-50,52,57-61H2,1-12H3,(H10-,96,98,99,100,101,102,103,104,111,112,113,114,116,117,118,119,122,123);(H,6,7)/t72-,78+,86+;/m1./s1. The van der Waals surface area contributed by atoms with Crippen molar-refractivity contribution in [1.29, 1.82) is 5.26 Å². The van der Waals surface area contributed by atoms with Crippen molar-refractivity contribution in [1.82, 2.24) is 56.2 Å². The highest BCUT2D eigenvalue weighted by atomic mass is 35.5.